The predicted molar refractivity (Wildman–Crippen MR) is 119 cm³/mol. The molecule has 0 saturated carbocycles. The molecule has 31 heavy (non-hydrogen) atoms. The zero-order chi connectivity index (χ0) is 21.6. The lowest BCUT2D eigenvalue weighted by molar-refractivity contribution is 0.0947. The fourth-order valence-corrected chi connectivity index (χ4v) is 3.14. The molecule has 0 radical (unpaired) electrons. The smallest absolute Gasteiger partial charge is 0.251 e. The Bertz CT molecular complexity index is 1180. The maximum Gasteiger partial charge on any atom is 0.251 e. The highest BCUT2D eigenvalue weighted by molar-refractivity contribution is 5.94. The van der Waals surface area contributed by atoms with Crippen molar-refractivity contribution in [1.29, 1.82) is 0 Å². The van der Waals surface area contributed by atoms with E-state index in [0.29, 0.717) is 30.5 Å². The molecule has 3 aromatic carbocycles. The van der Waals surface area contributed by atoms with E-state index in [1.165, 1.54) is 0 Å². The molecule has 0 aliphatic rings. The number of rotatable bonds is 7. The van der Waals surface area contributed by atoms with Crippen molar-refractivity contribution in [2.24, 2.45) is 0 Å². The summed E-state index contributed by atoms with van der Waals surface area (Å²) < 4.78 is 11.5. The SMILES string of the molecule is Cc1cccc(-c2nnc(-c3ccc(C(=O)NCCOc4ccccc4C)cc3)o2)c1. The van der Waals surface area contributed by atoms with Crippen LogP contribution in [0.4, 0.5) is 0 Å². The lowest BCUT2D eigenvalue weighted by Crippen LogP contribution is -2.28. The molecular weight excluding hydrogens is 390 g/mol. The molecule has 0 aliphatic heterocycles. The Balaban J connectivity index is 1.34. The van der Waals surface area contributed by atoms with Gasteiger partial charge in [-0.3, -0.25) is 4.79 Å². The topological polar surface area (TPSA) is 77.2 Å². The number of amides is 1. The highest BCUT2D eigenvalue weighted by Crippen LogP contribution is 2.24. The summed E-state index contributed by atoms with van der Waals surface area (Å²) in [5, 5.41) is 11.1. The van der Waals surface area contributed by atoms with E-state index in [2.05, 4.69) is 15.5 Å². The summed E-state index contributed by atoms with van der Waals surface area (Å²) in [5.74, 6) is 1.54. The van der Waals surface area contributed by atoms with Crippen LogP contribution in [0.2, 0.25) is 0 Å². The van der Waals surface area contributed by atoms with E-state index in [0.717, 1.165) is 28.0 Å². The van der Waals surface area contributed by atoms with Gasteiger partial charge in [-0.15, -0.1) is 10.2 Å². The third-order valence-corrected chi connectivity index (χ3v) is 4.82. The first-order valence-corrected chi connectivity index (χ1v) is 10.1. The number of nitrogens with zero attached hydrogens (tertiary/aromatic N) is 2. The molecule has 0 spiro atoms. The summed E-state index contributed by atoms with van der Waals surface area (Å²) in [4.78, 5) is 12.4. The van der Waals surface area contributed by atoms with Gasteiger partial charge in [-0.25, -0.2) is 0 Å². The third kappa shape index (κ3) is 4.98. The zero-order valence-electron chi connectivity index (χ0n) is 17.5. The summed E-state index contributed by atoms with van der Waals surface area (Å²) in [6.07, 6.45) is 0. The van der Waals surface area contributed by atoms with Crippen molar-refractivity contribution < 1.29 is 13.9 Å². The van der Waals surface area contributed by atoms with Crippen LogP contribution in [0, 0.1) is 13.8 Å². The Morgan fingerprint density at radius 3 is 2.39 bits per heavy atom. The van der Waals surface area contributed by atoms with Crippen LogP contribution < -0.4 is 10.1 Å². The van der Waals surface area contributed by atoms with Crippen LogP contribution in [0.15, 0.2) is 77.2 Å². The Morgan fingerprint density at radius 2 is 1.65 bits per heavy atom. The average molecular weight is 413 g/mol. The molecule has 0 bridgehead atoms. The fraction of sp³-hybridized carbons (Fsp3) is 0.160. The molecular formula is C25H23N3O3. The van der Waals surface area contributed by atoms with Gasteiger partial charge in [-0.1, -0.05) is 35.9 Å². The second kappa shape index (κ2) is 9.26. The minimum absolute atomic E-state index is 0.161. The van der Waals surface area contributed by atoms with Gasteiger partial charge in [0.2, 0.25) is 11.8 Å². The Labute approximate surface area is 180 Å². The quantitative estimate of drug-likeness (QED) is 0.439. The second-order valence-corrected chi connectivity index (χ2v) is 7.23. The van der Waals surface area contributed by atoms with Crippen LogP contribution in [0.3, 0.4) is 0 Å². The number of carbonyl (C=O) groups excluding carboxylic acids is 1. The van der Waals surface area contributed by atoms with Crippen molar-refractivity contribution in [1.82, 2.24) is 15.5 Å². The van der Waals surface area contributed by atoms with E-state index in [1.807, 2.05) is 62.4 Å². The molecule has 4 aromatic rings. The first kappa shape index (κ1) is 20.3. The molecule has 156 valence electrons. The van der Waals surface area contributed by atoms with Gasteiger partial charge in [-0.2, -0.15) is 0 Å². The first-order valence-electron chi connectivity index (χ1n) is 10.1. The average Bonchev–Trinajstić information content (AvgIpc) is 3.28. The van der Waals surface area contributed by atoms with Crippen molar-refractivity contribution in [2.75, 3.05) is 13.2 Å². The number of benzene rings is 3. The number of hydrogen-bond donors (Lipinski definition) is 1. The van der Waals surface area contributed by atoms with Gasteiger partial charge in [0.05, 0.1) is 6.54 Å². The second-order valence-electron chi connectivity index (χ2n) is 7.23. The summed E-state index contributed by atoms with van der Waals surface area (Å²) in [7, 11) is 0. The minimum Gasteiger partial charge on any atom is -0.491 e. The number of nitrogens with one attached hydrogen (secondary N) is 1. The minimum atomic E-state index is -0.161. The first-order chi connectivity index (χ1) is 15.1. The number of ether oxygens (including phenoxy) is 1. The van der Waals surface area contributed by atoms with Crippen molar-refractivity contribution in [2.45, 2.75) is 13.8 Å². The van der Waals surface area contributed by atoms with Crippen LogP contribution in [0.5, 0.6) is 5.75 Å². The summed E-state index contributed by atoms with van der Waals surface area (Å²) in [6.45, 7) is 4.82. The maximum atomic E-state index is 12.4. The largest absolute Gasteiger partial charge is 0.491 e. The van der Waals surface area contributed by atoms with Gasteiger partial charge in [0, 0.05) is 16.7 Å². The molecule has 4 rings (SSSR count). The molecule has 1 amide bonds. The van der Waals surface area contributed by atoms with E-state index >= 15 is 0 Å². The maximum absolute atomic E-state index is 12.4. The molecule has 6 nitrogen and oxygen atoms in total. The monoisotopic (exact) mass is 413 g/mol. The van der Waals surface area contributed by atoms with Crippen LogP contribution in [0.25, 0.3) is 22.9 Å². The Morgan fingerprint density at radius 1 is 0.903 bits per heavy atom. The predicted octanol–water partition coefficient (Wildman–Crippen LogP) is 4.83. The molecule has 0 unspecified atom stereocenters. The summed E-state index contributed by atoms with van der Waals surface area (Å²) >= 11 is 0. The Hall–Kier alpha value is -3.93. The Kier molecular flexibility index (Phi) is 6.08. The highest BCUT2D eigenvalue weighted by Gasteiger charge is 2.12. The standard InChI is InChI=1S/C25H23N3O3/c1-17-6-5-8-21(16-17)25-28-27-24(31-25)20-12-10-19(11-13-20)23(29)26-14-15-30-22-9-4-3-7-18(22)2/h3-13,16H,14-15H2,1-2H3,(H,26,29). The summed E-state index contributed by atoms with van der Waals surface area (Å²) in [6, 6.07) is 22.8. The van der Waals surface area contributed by atoms with Gasteiger partial charge in [0.15, 0.2) is 0 Å². The van der Waals surface area contributed by atoms with Crippen molar-refractivity contribution in [3.05, 3.63) is 89.5 Å². The number of hydrogen-bond acceptors (Lipinski definition) is 5. The van der Waals surface area contributed by atoms with E-state index in [1.54, 1.807) is 24.3 Å². The third-order valence-electron chi connectivity index (χ3n) is 4.82. The van der Waals surface area contributed by atoms with Crippen LogP contribution in [-0.4, -0.2) is 29.3 Å². The fourth-order valence-electron chi connectivity index (χ4n) is 3.14. The summed E-state index contributed by atoms with van der Waals surface area (Å²) in [5.41, 5.74) is 4.37. The van der Waals surface area contributed by atoms with E-state index in [-0.39, 0.29) is 5.91 Å². The van der Waals surface area contributed by atoms with Gasteiger partial charge >= 0.3 is 0 Å². The molecule has 0 aliphatic carbocycles. The van der Waals surface area contributed by atoms with Crippen LogP contribution in [-0.2, 0) is 0 Å². The van der Waals surface area contributed by atoms with Crippen molar-refractivity contribution in [3.63, 3.8) is 0 Å². The molecule has 1 aromatic heterocycles. The molecule has 1 heterocycles. The van der Waals surface area contributed by atoms with E-state index in [9.17, 15) is 4.79 Å². The van der Waals surface area contributed by atoms with Crippen molar-refractivity contribution in [3.8, 4) is 28.7 Å². The van der Waals surface area contributed by atoms with Gasteiger partial charge in [0.25, 0.3) is 5.91 Å². The van der Waals surface area contributed by atoms with Gasteiger partial charge < -0.3 is 14.5 Å². The van der Waals surface area contributed by atoms with Gasteiger partial charge in [-0.05, 0) is 61.9 Å². The normalized spacial score (nSPS) is 10.6. The lowest BCUT2D eigenvalue weighted by atomic mass is 10.1. The number of carbonyl (C=O) groups is 1. The number of aryl methyl sites for hydroxylation is 2. The zero-order valence-corrected chi connectivity index (χ0v) is 17.5. The molecule has 0 saturated heterocycles. The molecule has 6 heteroatoms. The number of para-hydroxylation sites is 1. The number of aromatic nitrogens is 2. The van der Waals surface area contributed by atoms with Crippen LogP contribution >= 0.6 is 0 Å². The molecule has 0 fully saturated rings. The van der Waals surface area contributed by atoms with E-state index in [4.69, 9.17) is 9.15 Å². The molecule has 1 N–H and O–H groups in total. The van der Waals surface area contributed by atoms with E-state index < -0.39 is 0 Å². The highest BCUT2D eigenvalue weighted by atomic mass is 16.5. The molecule has 0 atom stereocenters. The van der Waals surface area contributed by atoms with Crippen LogP contribution in [0.1, 0.15) is 21.5 Å². The van der Waals surface area contributed by atoms with Gasteiger partial charge in [0.1, 0.15) is 12.4 Å². The van der Waals surface area contributed by atoms with Crippen molar-refractivity contribution >= 4 is 5.91 Å². The lowest BCUT2D eigenvalue weighted by Gasteiger charge is -2.09.